The summed E-state index contributed by atoms with van der Waals surface area (Å²) in [6, 6.07) is 7.65. The van der Waals surface area contributed by atoms with Gasteiger partial charge in [0.1, 0.15) is 0 Å². The van der Waals surface area contributed by atoms with Crippen molar-refractivity contribution in [3.63, 3.8) is 0 Å². The number of hydrogen-bond donors (Lipinski definition) is 1. The highest BCUT2D eigenvalue weighted by molar-refractivity contribution is 6.30. The Labute approximate surface area is 168 Å². The van der Waals surface area contributed by atoms with Crippen molar-refractivity contribution in [2.75, 3.05) is 19.6 Å². The molecule has 5 heteroatoms. The molecule has 0 saturated carbocycles. The third-order valence-corrected chi connectivity index (χ3v) is 5.39. The Bertz CT molecular complexity index is 632. The first kappa shape index (κ1) is 21.7. The largest absolute Gasteiger partial charge is 0.356 e. The van der Waals surface area contributed by atoms with E-state index < -0.39 is 0 Å². The Balaban J connectivity index is 1.76. The van der Waals surface area contributed by atoms with E-state index in [1.165, 1.54) is 6.42 Å². The molecule has 1 aromatic rings. The van der Waals surface area contributed by atoms with Crippen LogP contribution in [0.1, 0.15) is 52.5 Å². The van der Waals surface area contributed by atoms with Gasteiger partial charge in [-0.2, -0.15) is 0 Å². The fourth-order valence-electron chi connectivity index (χ4n) is 3.94. The summed E-state index contributed by atoms with van der Waals surface area (Å²) in [7, 11) is 0. The maximum atomic E-state index is 12.7. The Morgan fingerprint density at radius 1 is 1.11 bits per heavy atom. The first-order valence-corrected chi connectivity index (χ1v) is 10.3. The Hall–Kier alpha value is -1.55. The fourth-order valence-corrected chi connectivity index (χ4v) is 4.07. The van der Waals surface area contributed by atoms with E-state index in [0.29, 0.717) is 36.2 Å². The number of benzene rings is 1. The zero-order chi connectivity index (χ0) is 20.0. The highest BCUT2D eigenvalue weighted by Gasteiger charge is 2.31. The smallest absolute Gasteiger partial charge is 0.223 e. The standard InChI is InChI=1S/C22H33ClN2O2/c1-16-11-17(2)15-25(14-16)21(27)13-22(3,4)12-20(26)24-10-9-18-5-7-19(23)8-6-18/h5-8,16-17H,9-15H2,1-4H3,(H,24,26)/t16-,17-/m0/s1. The van der Waals surface area contributed by atoms with Gasteiger partial charge < -0.3 is 10.2 Å². The molecule has 1 saturated heterocycles. The lowest BCUT2D eigenvalue weighted by Crippen LogP contribution is -2.44. The number of piperidine rings is 1. The van der Waals surface area contributed by atoms with Crippen molar-refractivity contribution in [1.82, 2.24) is 10.2 Å². The van der Waals surface area contributed by atoms with Crippen LogP contribution in [0.5, 0.6) is 0 Å². The number of carbonyl (C=O) groups excluding carboxylic acids is 2. The van der Waals surface area contributed by atoms with E-state index >= 15 is 0 Å². The van der Waals surface area contributed by atoms with Crippen LogP contribution in [-0.4, -0.2) is 36.3 Å². The summed E-state index contributed by atoms with van der Waals surface area (Å²) in [5.41, 5.74) is 0.799. The summed E-state index contributed by atoms with van der Waals surface area (Å²) in [5, 5.41) is 3.69. The second-order valence-corrected chi connectivity index (χ2v) is 9.43. The van der Waals surface area contributed by atoms with Gasteiger partial charge in [-0.15, -0.1) is 0 Å². The summed E-state index contributed by atoms with van der Waals surface area (Å²) in [6.45, 7) is 10.7. The molecule has 2 amide bonds. The maximum absolute atomic E-state index is 12.7. The van der Waals surface area contributed by atoms with E-state index in [9.17, 15) is 9.59 Å². The molecular formula is C22H33ClN2O2. The predicted octanol–water partition coefficient (Wildman–Crippen LogP) is 4.31. The minimum absolute atomic E-state index is 0.00199. The Kier molecular flexibility index (Phi) is 7.72. The van der Waals surface area contributed by atoms with Crippen molar-refractivity contribution in [1.29, 1.82) is 0 Å². The fraction of sp³-hybridized carbons (Fsp3) is 0.636. The molecule has 2 atom stereocenters. The lowest BCUT2D eigenvalue weighted by Gasteiger charge is -2.37. The molecule has 27 heavy (non-hydrogen) atoms. The molecule has 0 unspecified atom stereocenters. The number of hydrogen-bond acceptors (Lipinski definition) is 2. The van der Waals surface area contributed by atoms with Gasteiger partial charge in [0.25, 0.3) is 0 Å². The topological polar surface area (TPSA) is 49.4 Å². The van der Waals surface area contributed by atoms with Crippen molar-refractivity contribution < 1.29 is 9.59 Å². The van der Waals surface area contributed by atoms with Crippen LogP contribution >= 0.6 is 11.6 Å². The van der Waals surface area contributed by atoms with Crippen LogP contribution in [0, 0.1) is 17.3 Å². The van der Waals surface area contributed by atoms with E-state index in [1.54, 1.807) is 0 Å². The number of nitrogens with one attached hydrogen (secondary N) is 1. The summed E-state index contributed by atoms with van der Waals surface area (Å²) in [4.78, 5) is 27.0. The summed E-state index contributed by atoms with van der Waals surface area (Å²) < 4.78 is 0. The molecule has 0 aromatic heterocycles. The second kappa shape index (κ2) is 9.59. The molecule has 2 rings (SSSR count). The monoisotopic (exact) mass is 392 g/mol. The molecule has 1 aliphatic rings. The highest BCUT2D eigenvalue weighted by Crippen LogP contribution is 2.28. The first-order chi connectivity index (χ1) is 12.6. The van der Waals surface area contributed by atoms with E-state index in [-0.39, 0.29) is 17.2 Å². The van der Waals surface area contributed by atoms with E-state index in [4.69, 9.17) is 11.6 Å². The predicted molar refractivity (Wildman–Crippen MR) is 111 cm³/mol. The van der Waals surface area contributed by atoms with E-state index in [2.05, 4.69) is 19.2 Å². The molecule has 0 aliphatic carbocycles. The van der Waals surface area contributed by atoms with Crippen LogP contribution in [0.4, 0.5) is 0 Å². The van der Waals surface area contributed by atoms with Crippen molar-refractivity contribution in [2.24, 2.45) is 17.3 Å². The molecule has 0 bridgehead atoms. The summed E-state index contributed by atoms with van der Waals surface area (Å²) >= 11 is 5.88. The molecule has 1 heterocycles. The number of likely N-dealkylation sites (tertiary alicyclic amines) is 1. The van der Waals surface area contributed by atoms with Gasteiger partial charge in [0, 0.05) is 37.5 Å². The minimum atomic E-state index is -0.342. The SMILES string of the molecule is C[C@H]1C[C@H](C)CN(C(=O)CC(C)(C)CC(=O)NCCc2ccc(Cl)cc2)C1. The minimum Gasteiger partial charge on any atom is -0.356 e. The quantitative estimate of drug-likeness (QED) is 0.751. The molecule has 150 valence electrons. The number of carbonyl (C=O) groups is 2. The highest BCUT2D eigenvalue weighted by atomic mass is 35.5. The van der Waals surface area contributed by atoms with Crippen molar-refractivity contribution >= 4 is 23.4 Å². The molecule has 1 fully saturated rings. The van der Waals surface area contributed by atoms with Gasteiger partial charge in [0.2, 0.25) is 11.8 Å². The van der Waals surface area contributed by atoms with Gasteiger partial charge >= 0.3 is 0 Å². The summed E-state index contributed by atoms with van der Waals surface area (Å²) in [5.74, 6) is 1.28. The third kappa shape index (κ3) is 7.53. The van der Waals surface area contributed by atoms with Crippen LogP contribution in [0.2, 0.25) is 5.02 Å². The molecule has 1 aliphatic heterocycles. The van der Waals surface area contributed by atoms with Crippen molar-refractivity contribution in [3.05, 3.63) is 34.9 Å². The van der Waals surface area contributed by atoms with Gasteiger partial charge in [-0.1, -0.05) is 51.4 Å². The van der Waals surface area contributed by atoms with Crippen LogP contribution in [-0.2, 0) is 16.0 Å². The van der Waals surface area contributed by atoms with E-state index in [1.807, 2.05) is 43.0 Å². The van der Waals surface area contributed by atoms with Gasteiger partial charge in [-0.25, -0.2) is 0 Å². The number of nitrogens with zero attached hydrogens (tertiary/aromatic N) is 1. The maximum Gasteiger partial charge on any atom is 0.223 e. The molecule has 4 nitrogen and oxygen atoms in total. The van der Waals surface area contributed by atoms with Crippen LogP contribution in [0.25, 0.3) is 0 Å². The lowest BCUT2D eigenvalue weighted by atomic mass is 9.83. The van der Waals surface area contributed by atoms with Crippen molar-refractivity contribution in [3.8, 4) is 0 Å². The van der Waals surface area contributed by atoms with Gasteiger partial charge in [-0.3, -0.25) is 9.59 Å². The van der Waals surface area contributed by atoms with Crippen molar-refractivity contribution in [2.45, 2.75) is 53.4 Å². The Morgan fingerprint density at radius 3 is 2.30 bits per heavy atom. The summed E-state index contributed by atoms with van der Waals surface area (Å²) in [6.07, 6.45) is 2.73. The molecule has 1 N–H and O–H groups in total. The number of rotatable bonds is 7. The molecule has 0 radical (unpaired) electrons. The number of halogens is 1. The zero-order valence-electron chi connectivity index (χ0n) is 17.1. The first-order valence-electron chi connectivity index (χ1n) is 9.93. The van der Waals surface area contributed by atoms with Crippen LogP contribution in [0.3, 0.4) is 0 Å². The normalized spacial score (nSPS) is 20.4. The lowest BCUT2D eigenvalue weighted by molar-refractivity contribution is -0.136. The van der Waals surface area contributed by atoms with Crippen LogP contribution in [0.15, 0.2) is 24.3 Å². The number of amides is 2. The average Bonchev–Trinajstić information content (AvgIpc) is 2.54. The molecular weight excluding hydrogens is 360 g/mol. The average molecular weight is 393 g/mol. The molecule has 1 aromatic carbocycles. The third-order valence-electron chi connectivity index (χ3n) is 5.14. The second-order valence-electron chi connectivity index (χ2n) is 8.99. The van der Waals surface area contributed by atoms with Gasteiger partial charge in [-0.05, 0) is 47.8 Å². The van der Waals surface area contributed by atoms with E-state index in [0.717, 1.165) is 25.1 Å². The van der Waals surface area contributed by atoms with Gasteiger partial charge in [0.15, 0.2) is 0 Å². The molecule has 0 spiro atoms. The van der Waals surface area contributed by atoms with Gasteiger partial charge in [0.05, 0.1) is 0 Å². The van der Waals surface area contributed by atoms with Crippen LogP contribution < -0.4 is 5.32 Å². The zero-order valence-corrected chi connectivity index (χ0v) is 17.8. The Morgan fingerprint density at radius 2 is 1.70 bits per heavy atom.